The molecule has 0 spiro atoms. The molecule has 1 heterocycles. The monoisotopic (exact) mass is 184 g/mol. The van der Waals surface area contributed by atoms with Gasteiger partial charge in [0.05, 0.1) is 11.2 Å². The Morgan fingerprint density at radius 2 is 0.769 bits per heavy atom. The van der Waals surface area contributed by atoms with Gasteiger partial charge >= 0.3 is 0 Å². The molecule has 0 aromatic heterocycles. The summed E-state index contributed by atoms with van der Waals surface area (Å²) in [6.45, 7) is 18.0. The van der Waals surface area contributed by atoms with Crippen molar-refractivity contribution in [3.05, 3.63) is 0 Å². The predicted molar refractivity (Wildman–Crippen MR) is 56.8 cm³/mol. The van der Waals surface area contributed by atoms with Crippen molar-refractivity contribution in [1.29, 1.82) is 0 Å². The fraction of sp³-hybridized carbons (Fsp3) is 1.00. The predicted octanol–water partition coefficient (Wildman–Crippen LogP) is 3.63. The average molecular weight is 184 g/mol. The number of rotatable bonds is 0. The summed E-state index contributed by atoms with van der Waals surface area (Å²) >= 11 is 0. The maximum atomic E-state index is 6.17. The molecule has 0 aromatic rings. The van der Waals surface area contributed by atoms with Gasteiger partial charge in [-0.1, -0.05) is 27.7 Å². The minimum atomic E-state index is -0.0417. The fourth-order valence-corrected chi connectivity index (χ4v) is 2.40. The summed E-state index contributed by atoms with van der Waals surface area (Å²) in [6, 6.07) is 0. The van der Waals surface area contributed by atoms with Gasteiger partial charge in [0.1, 0.15) is 0 Å². The Bertz CT molecular complexity index is 197. The van der Waals surface area contributed by atoms with E-state index in [9.17, 15) is 0 Å². The van der Waals surface area contributed by atoms with E-state index in [1.54, 1.807) is 0 Å². The van der Waals surface area contributed by atoms with Gasteiger partial charge in [-0.05, 0) is 27.7 Å². The van der Waals surface area contributed by atoms with E-state index >= 15 is 0 Å². The molecule has 0 atom stereocenters. The first-order valence-corrected chi connectivity index (χ1v) is 5.16. The number of hydrogen-bond acceptors (Lipinski definition) is 1. The largest absolute Gasteiger partial charge is 0.369 e. The molecular formula is C12H24O. The topological polar surface area (TPSA) is 9.23 Å². The van der Waals surface area contributed by atoms with Crippen LogP contribution < -0.4 is 0 Å². The molecular weight excluding hydrogens is 160 g/mol. The van der Waals surface area contributed by atoms with E-state index in [0.29, 0.717) is 0 Å². The van der Waals surface area contributed by atoms with E-state index < -0.39 is 0 Å². The summed E-state index contributed by atoms with van der Waals surface area (Å²) < 4.78 is 6.17. The summed E-state index contributed by atoms with van der Waals surface area (Å²) in [6.07, 6.45) is 0. The number of ether oxygens (including phenoxy) is 1. The zero-order valence-electron chi connectivity index (χ0n) is 10.4. The lowest BCUT2D eigenvalue weighted by Gasteiger charge is -2.44. The van der Waals surface area contributed by atoms with Crippen LogP contribution in [-0.4, -0.2) is 11.2 Å². The molecule has 1 heteroatoms. The first kappa shape index (κ1) is 11.0. The average Bonchev–Trinajstić information content (AvgIpc) is 1.88. The van der Waals surface area contributed by atoms with Crippen LogP contribution in [0.1, 0.15) is 55.4 Å². The Morgan fingerprint density at radius 3 is 0.846 bits per heavy atom. The van der Waals surface area contributed by atoms with Crippen molar-refractivity contribution in [2.24, 2.45) is 10.8 Å². The van der Waals surface area contributed by atoms with Crippen molar-refractivity contribution >= 4 is 0 Å². The summed E-state index contributed by atoms with van der Waals surface area (Å²) in [7, 11) is 0. The van der Waals surface area contributed by atoms with Crippen LogP contribution >= 0.6 is 0 Å². The minimum absolute atomic E-state index is 0.0417. The van der Waals surface area contributed by atoms with Crippen LogP contribution in [0.4, 0.5) is 0 Å². The SMILES string of the molecule is CC1(C)OC(C)(C)C(C)(C)C1(C)C. The van der Waals surface area contributed by atoms with Gasteiger partial charge in [-0.15, -0.1) is 0 Å². The van der Waals surface area contributed by atoms with Crippen molar-refractivity contribution in [3.63, 3.8) is 0 Å². The van der Waals surface area contributed by atoms with Crippen molar-refractivity contribution in [3.8, 4) is 0 Å². The molecule has 1 aliphatic rings. The minimum Gasteiger partial charge on any atom is -0.369 e. The second kappa shape index (κ2) is 2.31. The van der Waals surface area contributed by atoms with Crippen LogP contribution in [0.5, 0.6) is 0 Å². The zero-order valence-corrected chi connectivity index (χ0v) is 10.4. The van der Waals surface area contributed by atoms with Gasteiger partial charge in [-0.25, -0.2) is 0 Å². The lowest BCUT2D eigenvalue weighted by atomic mass is 9.57. The van der Waals surface area contributed by atoms with Gasteiger partial charge in [0, 0.05) is 10.8 Å². The van der Waals surface area contributed by atoms with Crippen molar-refractivity contribution in [2.75, 3.05) is 0 Å². The zero-order chi connectivity index (χ0) is 10.7. The van der Waals surface area contributed by atoms with Crippen molar-refractivity contribution in [1.82, 2.24) is 0 Å². The van der Waals surface area contributed by atoms with Gasteiger partial charge in [0.25, 0.3) is 0 Å². The van der Waals surface area contributed by atoms with Crippen LogP contribution in [0, 0.1) is 10.8 Å². The normalized spacial score (nSPS) is 33.2. The lowest BCUT2D eigenvalue weighted by Crippen LogP contribution is -2.45. The molecule has 0 amide bonds. The summed E-state index contributed by atoms with van der Waals surface area (Å²) in [5.41, 5.74) is 0.313. The van der Waals surface area contributed by atoms with Crippen LogP contribution in [0.15, 0.2) is 0 Å². The number of hydrogen-bond donors (Lipinski definition) is 0. The van der Waals surface area contributed by atoms with Crippen LogP contribution in [0.2, 0.25) is 0 Å². The Balaban J connectivity index is 3.24. The standard InChI is InChI=1S/C12H24O/c1-9(2)10(3,4)12(7,8)13-11(9,5)6/h1-8H3. The Hall–Kier alpha value is -0.0400. The first-order valence-electron chi connectivity index (χ1n) is 5.16. The molecule has 0 aromatic carbocycles. The highest BCUT2D eigenvalue weighted by atomic mass is 16.5. The molecule has 0 radical (unpaired) electrons. The molecule has 1 nitrogen and oxygen atoms in total. The van der Waals surface area contributed by atoms with Crippen LogP contribution in [0.25, 0.3) is 0 Å². The second-order valence-electron chi connectivity index (χ2n) is 6.37. The van der Waals surface area contributed by atoms with Crippen molar-refractivity contribution in [2.45, 2.75) is 66.6 Å². The van der Waals surface area contributed by atoms with E-state index in [4.69, 9.17) is 4.74 Å². The first-order chi connectivity index (χ1) is 5.46. The highest BCUT2D eigenvalue weighted by Crippen LogP contribution is 2.62. The summed E-state index contributed by atoms with van der Waals surface area (Å²) in [4.78, 5) is 0. The highest BCUT2D eigenvalue weighted by molar-refractivity contribution is 5.11. The van der Waals surface area contributed by atoms with Crippen LogP contribution in [-0.2, 0) is 4.74 Å². The Labute approximate surface area is 82.9 Å². The third kappa shape index (κ3) is 1.09. The maximum absolute atomic E-state index is 6.17. The molecule has 1 saturated heterocycles. The molecule has 0 aliphatic carbocycles. The third-order valence-corrected chi connectivity index (χ3v) is 5.08. The molecule has 13 heavy (non-hydrogen) atoms. The Morgan fingerprint density at radius 1 is 0.538 bits per heavy atom. The molecule has 0 N–H and O–H groups in total. The molecule has 1 rings (SSSR count). The van der Waals surface area contributed by atoms with E-state index in [2.05, 4.69) is 55.4 Å². The highest BCUT2D eigenvalue weighted by Gasteiger charge is 2.63. The van der Waals surface area contributed by atoms with Gasteiger partial charge < -0.3 is 4.74 Å². The molecule has 0 saturated carbocycles. The third-order valence-electron chi connectivity index (χ3n) is 5.08. The van der Waals surface area contributed by atoms with E-state index in [1.807, 2.05) is 0 Å². The fourth-order valence-electron chi connectivity index (χ4n) is 2.40. The van der Waals surface area contributed by atoms with Gasteiger partial charge in [-0.2, -0.15) is 0 Å². The van der Waals surface area contributed by atoms with Crippen molar-refractivity contribution < 1.29 is 4.74 Å². The second-order valence-corrected chi connectivity index (χ2v) is 6.37. The quantitative estimate of drug-likeness (QED) is 0.558. The van der Waals surface area contributed by atoms with E-state index in [-0.39, 0.29) is 22.0 Å². The molecule has 0 bridgehead atoms. The van der Waals surface area contributed by atoms with Gasteiger partial charge in [0.15, 0.2) is 0 Å². The molecule has 78 valence electrons. The molecule has 1 fully saturated rings. The van der Waals surface area contributed by atoms with E-state index in [0.717, 1.165) is 0 Å². The Kier molecular flexibility index (Phi) is 1.96. The molecule has 0 unspecified atom stereocenters. The maximum Gasteiger partial charge on any atom is 0.0690 e. The van der Waals surface area contributed by atoms with Gasteiger partial charge in [0.2, 0.25) is 0 Å². The van der Waals surface area contributed by atoms with E-state index in [1.165, 1.54) is 0 Å². The summed E-state index contributed by atoms with van der Waals surface area (Å²) in [5.74, 6) is 0. The van der Waals surface area contributed by atoms with Crippen LogP contribution in [0.3, 0.4) is 0 Å². The smallest absolute Gasteiger partial charge is 0.0690 e. The summed E-state index contributed by atoms with van der Waals surface area (Å²) in [5, 5.41) is 0. The lowest BCUT2D eigenvalue weighted by molar-refractivity contribution is -0.0941. The molecule has 1 aliphatic heterocycles. The van der Waals surface area contributed by atoms with Gasteiger partial charge in [-0.3, -0.25) is 0 Å².